The van der Waals surface area contributed by atoms with Gasteiger partial charge in [0.15, 0.2) is 5.71 Å². The molecule has 0 radical (unpaired) electrons. The van der Waals surface area contributed by atoms with Gasteiger partial charge < -0.3 is 10.5 Å². The van der Waals surface area contributed by atoms with Gasteiger partial charge in [-0.05, 0) is 5.56 Å². The van der Waals surface area contributed by atoms with Gasteiger partial charge in [-0.2, -0.15) is 0 Å². The zero-order chi connectivity index (χ0) is 13.5. The molecule has 0 saturated heterocycles. The Morgan fingerprint density at radius 3 is 2.16 bits per heavy atom. The SMILES string of the molecule is O=C(NCc1ccccc1)/C(=N/O)c1ccccc1. The number of hydrogen-bond acceptors (Lipinski definition) is 3. The fraction of sp³-hybridized carbons (Fsp3) is 0.0667. The van der Waals surface area contributed by atoms with Crippen molar-refractivity contribution >= 4 is 11.6 Å². The van der Waals surface area contributed by atoms with Crippen LogP contribution in [0.2, 0.25) is 0 Å². The molecule has 0 aliphatic rings. The van der Waals surface area contributed by atoms with Crippen molar-refractivity contribution in [1.29, 1.82) is 0 Å². The molecular weight excluding hydrogens is 240 g/mol. The summed E-state index contributed by atoms with van der Waals surface area (Å²) in [7, 11) is 0. The molecule has 0 bridgehead atoms. The Kier molecular flexibility index (Phi) is 4.29. The topological polar surface area (TPSA) is 61.7 Å². The molecule has 96 valence electrons. The van der Waals surface area contributed by atoms with Crippen LogP contribution in [-0.4, -0.2) is 16.8 Å². The summed E-state index contributed by atoms with van der Waals surface area (Å²) in [5.74, 6) is -0.405. The Hall–Kier alpha value is -2.62. The second kappa shape index (κ2) is 6.35. The largest absolute Gasteiger partial charge is 0.410 e. The van der Waals surface area contributed by atoms with Gasteiger partial charge in [0.1, 0.15) is 0 Å². The van der Waals surface area contributed by atoms with Gasteiger partial charge in [-0.3, -0.25) is 4.79 Å². The number of benzene rings is 2. The second-order valence-electron chi connectivity index (χ2n) is 3.98. The zero-order valence-corrected chi connectivity index (χ0v) is 10.3. The van der Waals surface area contributed by atoms with E-state index in [0.717, 1.165) is 5.56 Å². The van der Waals surface area contributed by atoms with Gasteiger partial charge in [0, 0.05) is 12.1 Å². The van der Waals surface area contributed by atoms with Crippen LogP contribution in [0.25, 0.3) is 0 Å². The molecule has 0 heterocycles. The summed E-state index contributed by atoms with van der Waals surface area (Å²) in [6, 6.07) is 18.4. The van der Waals surface area contributed by atoms with Crippen molar-refractivity contribution in [2.75, 3.05) is 0 Å². The third kappa shape index (κ3) is 3.42. The van der Waals surface area contributed by atoms with E-state index in [4.69, 9.17) is 5.21 Å². The van der Waals surface area contributed by atoms with Gasteiger partial charge in [0.2, 0.25) is 0 Å². The standard InChI is InChI=1S/C15H14N2O2/c18-15(16-11-12-7-3-1-4-8-12)14(17-19)13-9-5-2-6-10-13/h1-10,19H,11H2,(H,16,18)/b17-14+. The van der Waals surface area contributed by atoms with E-state index in [0.29, 0.717) is 12.1 Å². The average Bonchev–Trinajstić information content (AvgIpc) is 2.48. The first kappa shape index (κ1) is 12.8. The summed E-state index contributed by atoms with van der Waals surface area (Å²) < 4.78 is 0. The van der Waals surface area contributed by atoms with Gasteiger partial charge in [-0.25, -0.2) is 0 Å². The minimum Gasteiger partial charge on any atom is -0.410 e. The summed E-state index contributed by atoms with van der Waals surface area (Å²) in [5.41, 5.74) is 1.58. The van der Waals surface area contributed by atoms with E-state index in [2.05, 4.69) is 10.5 Å². The number of nitrogens with one attached hydrogen (secondary N) is 1. The first-order valence-electron chi connectivity index (χ1n) is 5.91. The molecule has 1 amide bonds. The molecule has 0 unspecified atom stereocenters. The first-order valence-corrected chi connectivity index (χ1v) is 5.91. The highest BCUT2D eigenvalue weighted by atomic mass is 16.4. The Morgan fingerprint density at radius 1 is 1.00 bits per heavy atom. The lowest BCUT2D eigenvalue weighted by Crippen LogP contribution is -2.31. The van der Waals surface area contributed by atoms with Crippen molar-refractivity contribution in [3.8, 4) is 0 Å². The van der Waals surface area contributed by atoms with Gasteiger partial charge in [-0.1, -0.05) is 65.8 Å². The molecule has 2 aromatic carbocycles. The van der Waals surface area contributed by atoms with Crippen LogP contribution >= 0.6 is 0 Å². The highest BCUT2D eigenvalue weighted by molar-refractivity contribution is 6.45. The number of amides is 1. The summed E-state index contributed by atoms with van der Waals surface area (Å²) in [6.45, 7) is 0.394. The number of oxime groups is 1. The zero-order valence-electron chi connectivity index (χ0n) is 10.3. The van der Waals surface area contributed by atoms with Crippen molar-refractivity contribution in [1.82, 2.24) is 5.32 Å². The van der Waals surface area contributed by atoms with Gasteiger partial charge in [-0.15, -0.1) is 0 Å². The number of carbonyl (C=O) groups excluding carboxylic acids is 1. The fourth-order valence-corrected chi connectivity index (χ4v) is 1.69. The van der Waals surface area contributed by atoms with Gasteiger partial charge >= 0.3 is 0 Å². The Balaban J connectivity index is 2.03. The second-order valence-corrected chi connectivity index (χ2v) is 3.98. The Labute approximate surface area is 111 Å². The molecule has 0 saturated carbocycles. The summed E-state index contributed by atoms with van der Waals surface area (Å²) >= 11 is 0. The van der Waals surface area contributed by atoms with Crippen LogP contribution in [0.5, 0.6) is 0 Å². The molecule has 0 aliphatic carbocycles. The summed E-state index contributed by atoms with van der Waals surface area (Å²) in [6.07, 6.45) is 0. The third-order valence-corrected chi connectivity index (χ3v) is 2.66. The molecule has 2 rings (SSSR count). The Bertz CT molecular complexity index is 565. The number of hydrogen-bond donors (Lipinski definition) is 2. The highest BCUT2D eigenvalue weighted by Gasteiger charge is 2.13. The van der Waals surface area contributed by atoms with Crippen LogP contribution in [0.4, 0.5) is 0 Å². The number of nitrogens with zero attached hydrogens (tertiary/aromatic N) is 1. The van der Waals surface area contributed by atoms with Crippen LogP contribution in [0.1, 0.15) is 11.1 Å². The van der Waals surface area contributed by atoms with E-state index in [1.54, 1.807) is 24.3 Å². The molecule has 0 aliphatic heterocycles. The van der Waals surface area contributed by atoms with Crippen molar-refractivity contribution in [3.05, 3.63) is 71.8 Å². The molecular formula is C15H14N2O2. The number of rotatable bonds is 4. The van der Waals surface area contributed by atoms with Crippen LogP contribution < -0.4 is 5.32 Å². The predicted molar refractivity (Wildman–Crippen MR) is 73.1 cm³/mol. The van der Waals surface area contributed by atoms with Crippen molar-refractivity contribution in [3.63, 3.8) is 0 Å². The summed E-state index contributed by atoms with van der Waals surface area (Å²) in [5, 5.41) is 14.8. The van der Waals surface area contributed by atoms with E-state index in [1.807, 2.05) is 36.4 Å². The average molecular weight is 254 g/mol. The maximum Gasteiger partial charge on any atom is 0.274 e. The van der Waals surface area contributed by atoms with Crippen molar-refractivity contribution in [2.45, 2.75) is 6.54 Å². The molecule has 2 aromatic rings. The van der Waals surface area contributed by atoms with Crippen LogP contribution in [0.3, 0.4) is 0 Å². The van der Waals surface area contributed by atoms with Crippen LogP contribution in [-0.2, 0) is 11.3 Å². The number of carbonyl (C=O) groups is 1. The lowest BCUT2D eigenvalue weighted by Gasteiger charge is -2.06. The van der Waals surface area contributed by atoms with E-state index < -0.39 is 5.91 Å². The monoisotopic (exact) mass is 254 g/mol. The molecule has 4 heteroatoms. The molecule has 4 nitrogen and oxygen atoms in total. The normalized spacial score (nSPS) is 11.1. The molecule has 2 N–H and O–H groups in total. The smallest absolute Gasteiger partial charge is 0.274 e. The fourth-order valence-electron chi connectivity index (χ4n) is 1.69. The van der Waals surface area contributed by atoms with Gasteiger partial charge in [0.25, 0.3) is 5.91 Å². The lowest BCUT2D eigenvalue weighted by molar-refractivity contribution is -0.115. The highest BCUT2D eigenvalue weighted by Crippen LogP contribution is 2.02. The van der Waals surface area contributed by atoms with E-state index in [9.17, 15) is 4.79 Å². The quantitative estimate of drug-likeness (QED) is 0.499. The maximum absolute atomic E-state index is 11.9. The predicted octanol–water partition coefficient (Wildman–Crippen LogP) is 2.18. The van der Waals surface area contributed by atoms with Crippen molar-refractivity contribution in [2.24, 2.45) is 5.16 Å². The van der Waals surface area contributed by atoms with Crippen LogP contribution in [0, 0.1) is 0 Å². The first-order chi connectivity index (χ1) is 9.31. The minimum absolute atomic E-state index is 0.0107. The molecule has 0 aromatic heterocycles. The van der Waals surface area contributed by atoms with Crippen LogP contribution in [0.15, 0.2) is 65.8 Å². The van der Waals surface area contributed by atoms with Crippen molar-refractivity contribution < 1.29 is 10.0 Å². The van der Waals surface area contributed by atoms with E-state index in [1.165, 1.54) is 0 Å². The molecule has 0 fully saturated rings. The summed E-state index contributed by atoms with van der Waals surface area (Å²) in [4.78, 5) is 11.9. The lowest BCUT2D eigenvalue weighted by atomic mass is 10.1. The third-order valence-electron chi connectivity index (χ3n) is 2.66. The molecule has 0 atom stereocenters. The minimum atomic E-state index is -0.405. The maximum atomic E-state index is 11.9. The molecule has 19 heavy (non-hydrogen) atoms. The molecule has 0 spiro atoms. The van der Waals surface area contributed by atoms with E-state index >= 15 is 0 Å². The van der Waals surface area contributed by atoms with Gasteiger partial charge in [0.05, 0.1) is 0 Å². The van der Waals surface area contributed by atoms with E-state index in [-0.39, 0.29) is 5.71 Å². The Morgan fingerprint density at radius 2 is 1.58 bits per heavy atom.